The number of pyridine rings is 1. The second kappa shape index (κ2) is 7.94. The normalized spacial score (nSPS) is 11.9. The van der Waals surface area contributed by atoms with Gasteiger partial charge in [0.25, 0.3) is 5.91 Å². The zero-order chi connectivity index (χ0) is 19.6. The molecule has 138 valence electrons. The van der Waals surface area contributed by atoms with Crippen LogP contribution >= 0.6 is 23.2 Å². The molecule has 0 unspecified atom stereocenters. The van der Waals surface area contributed by atoms with Gasteiger partial charge >= 0.3 is 5.97 Å². The molecule has 0 spiro atoms. The van der Waals surface area contributed by atoms with Crippen LogP contribution in [0.4, 0.5) is 5.69 Å². The summed E-state index contributed by atoms with van der Waals surface area (Å²) < 4.78 is 5.35. The molecule has 0 radical (unpaired) electrons. The molecule has 0 saturated heterocycles. The Labute approximate surface area is 166 Å². The van der Waals surface area contributed by atoms with E-state index in [1.807, 2.05) is 18.2 Å². The van der Waals surface area contributed by atoms with Gasteiger partial charge in [-0.3, -0.25) is 9.78 Å². The van der Waals surface area contributed by atoms with E-state index in [1.54, 1.807) is 31.2 Å². The van der Waals surface area contributed by atoms with Crippen molar-refractivity contribution in [3.63, 3.8) is 0 Å². The molecule has 1 heterocycles. The van der Waals surface area contributed by atoms with Crippen molar-refractivity contribution in [1.29, 1.82) is 0 Å². The maximum Gasteiger partial charge on any atom is 0.339 e. The van der Waals surface area contributed by atoms with Crippen molar-refractivity contribution >= 4 is 51.7 Å². The molecule has 2 aromatic carbocycles. The van der Waals surface area contributed by atoms with Gasteiger partial charge in [0.15, 0.2) is 6.10 Å². The highest BCUT2D eigenvalue weighted by molar-refractivity contribution is 6.35. The number of aromatic nitrogens is 1. The summed E-state index contributed by atoms with van der Waals surface area (Å²) in [6, 6.07) is 13.6. The molecule has 1 amide bonds. The summed E-state index contributed by atoms with van der Waals surface area (Å²) in [5, 5.41) is 4.04. The van der Waals surface area contributed by atoms with E-state index in [4.69, 9.17) is 27.9 Å². The minimum atomic E-state index is -1.03. The first kappa shape index (κ1) is 19.1. The minimum absolute atomic E-state index is 0.335. The summed E-state index contributed by atoms with van der Waals surface area (Å²) in [4.78, 5) is 29.4. The third-order valence-electron chi connectivity index (χ3n) is 3.90. The van der Waals surface area contributed by atoms with Crippen LogP contribution in [0.15, 0.2) is 48.5 Å². The number of hydrogen-bond acceptors (Lipinski definition) is 4. The van der Waals surface area contributed by atoms with E-state index in [-0.39, 0.29) is 0 Å². The quantitative estimate of drug-likeness (QED) is 0.621. The molecule has 0 bridgehead atoms. The fourth-order valence-corrected chi connectivity index (χ4v) is 2.92. The van der Waals surface area contributed by atoms with Gasteiger partial charge in [-0.15, -0.1) is 0 Å². The number of nitrogens with one attached hydrogen (secondary N) is 1. The monoisotopic (exact) mass is 402 g/mol. The number of anilines is 1. The average molecular weight is 403 g/mol. The number of ether oxygens (including phenoxy) is 1. The Morgan fingerprint density at radius 2 is 1.85 bits per heavy atom. The average Bonchev–Trinajstić information content (AvgIpc) is 2.63. The molecule has 0 fully saturated rings. The number of aryl methyl sites for hydroxylation is 1. The molecule has 5 nitrogen and oxygen atoms in total. The number of esters is 1. The summed E-state index contributed by atoms with van der Waals surface area (Å²) in [6.45, 7) is 3.28. The second-order valence-corrected chi connectivity index (χ2v) is 6.83. The zero-order valence-electron chi connectivity index (χ0n) is 14.6. The van der Waals surface area contributed by atoms with Crippen LogP contribution in [0, 0.1) is 6.92 Å². The van der Waals surface area contributed by atoms with Crippen molar-refractivity contribution in [3.8, 4) is 0 Å². The Balaban J connectivity index is 1.78. The smallest absolute Gasteiger partial charge is 0.339 e. The molecule has 0 aliphatic carbocycles. The number of benzene rings is 2. The largest absolute Gasteiger partial charge is 0.449 e. The Hall–Kier alpha value is -2.63. The van der Waals surface area contributed by atoms with Crippen LogP contribution in [0.1, 0.15) is 23.0 Å². The molecule has 7 heteroatoms. The van der Waals surface area contributed by atoms with Gasteiger partial charge in [-0.25, -0.2) is 4.79 Å². The summed E-state index contributed by atoms with van der Waals surface area (Å²) in [7, 11) is 0. The first-order chi connectivity index (χ1) is 12.8. The van der Waals surface area contributed by atoms with E-state index >= 15 is 0 Å². The molecule has 0 aliphatic heterocycles. The van der Waals surface area contributed by atoms with Crippen LogP contribution in [-0.2, 0) is 9.53 Å². The lowest BCUT2D eigenvalue weighted by atomic mass is 10.1. The van der Waals surface area contributed by atoms with Gasteiger partial charge < -0.3 is 10.1 Å². The molecule has 1 atom stereocenters. The number of nitrogens with zero attached hydrogens (tertiary/aromatic N) is 1. The maximum atomic E-state index is 12.6. The SMILES string of the molecule is Cc1cc(C(=O)O[C@@H](C)C(=O)Nc2cc(Cl)ccc2Cl)c2ccccc2n1. The summed E-state index contributed by atoms with van der Waals surface area (Å²) in [5.74, 6) is -1.11. The molecule has 1 N–H and O–H groups in total. The van der Waals surface area contributed by atoms with E-state index in [1.165, 1.54) is 13.0 Å². The van der Waals surface area contributed by atoms with Gasteiger partial charge in [-0.1, -0.05) is 41.4 Å². The fraction of sp³-hybridized carbons (Fsp3) is 0.150. The van der Waals surface area contributed by atoms with Crippen LogP contribution in [0.3, 0.4) is 0 Å². The summed E-state index contributed by atoms with van der Waals surface area (Å²) >= 11 is 12.0. The van der Waals surface area contributed by atoms with E-state index in [2.05, 4.69) is 10.3 Å². The van der Waals surface area contributed by atoms with Crippen LogP contribution < -0.4 is 5.32 Å². The lowest BCUT2D eigenvalue weighted by Crippen LogP contribution is -2.30. The number of amides is 1. The number of para-hydroxylation sites is 1. The molecule has 0 aliphatic rings. The Morgan fingerprint density at radius 1 is 1.11 bits per heavy atom. The van der Waals surface area contributed by atoms with Crippen LogP contribution in [0.5, 0.6) is 0 Å². The molecule has 3 aromatic rings. The number of fused-ring (bicyclic) bond motifs is 1. The topological polar surface area (TPSA) is 68.3 Å². The van der Waals surface area contributed by atoms with E-state index < -0.39 is 18.0 Å². The number of rotatable bonds is 4. The van der Waals surface area contributed by atoms with Crippen molar-refractivity contribution in [2.45, 2.75) is 20.0 Å². The Kier molecular flexibility index (Phi) is 5.63. The highest BCUT2D eigenvalue weighted by Crippen LogP contribution is 2.26. The maximum absolute atomic E-state index is 12.6. The van der Waals surface area contributed by atoms with Gasteiger partial charge in [0.2, 0.25) is 0 Å². The zero-order valence-corrected chi connectivity index (χ0v) is 16.1. The fourth-order valence-electron chi connectivity index (χ4n) is 2.58. The van der Waals surface area contributed by atoms with Gasteiger partial charge in [0.05, 0.1) is 21.8 Å². The lowest BCUT2D eigenvalue weighted by molar-refractivity contribution is -0.123. The van der Waals surface area contributed by atoms with Crippen LogP contribution in [-0.4, -0.2) is 23.0 Å². The third-order valence-corrected chi connectivity index (χ3v) is 4.47. The first-order valence-electron chi connectivity index (χ1n) is 8.18. The first-order valence-corrected chi connectivity index (χ1v) is 8.94. The van der Waals surface area contributed by atoms with E-state index in [9.17, 15) is 9.59 Å². The van der Waals surface area contributed by atoms with Crippen LogP contribution in [0.2, 0.25) is 10.0 Å². The van der Waals surface area contributed by atoms with Crippen LogP contribution in [0.25, 0.3) is 10.9 Å². The number of halogens is 2. The van der Waals surface area contributed by atoms with Crippen molar-refractivity contribution < 1.29 is 14.3 Å². The van der Waals surface area contributed by atoms with Gasteiger partial charge in [0.1, 0.15) is 0 Å². The van der Waals surface area contributed by atoms with Crippen molar-refractivity contribution in [2.24, 2.45) is 0 Å². The summed E-state index contributed by atoms with van der Waals surface area (Å²) in [6.07, 6.45) is -1.03. The van der Waals surface area contributed by atoms with Gasteiger partial charge in [-0.05, 0) is 44.2 Å². The van der Waals surface area contributed by atoms with Gasteiger partial charge in [-0.2, -0.15) is 0 Å². The predicted molar refractivity (Wildman–Crippen MR) is 106 cm³/mol. The van der Waals surface area contributed by atoms with E-state index in [0.29, 0.717) is 37.9 Å². The molecule has 0 saturated carbocycles. The molecule has 27 heavy (non-hydrogen) atoms. The number of carbonyl (C=O) groups excluding carboxylic acids is 2. The molecular formula is C20H16Cl2N2O3. The lowest BCUT2D eigenvalue weighted by Gasteiger charge is -2.15. The Morgan fingerprint density at radius 3 is 2.63 bits per heavy atom. The van der Waals surface area contributed by atoms with E-state index in [0.717, 1.165) is 0 Å². The third kappa shape index (κ3) is 4.38. The summed E-state index contributed by atoms with van der Waals surface area (Å²) in [5.41, 5.74) is 2.08. The highest BCUT2D eigenvalue weighted by Gasteiger charge is 2.21. The van der Waals surface area contributed by atoms with Crippen molar-refractivity contribution in [2.75, 3.05) is 5.32 Å². The predicted octanol–water partition coefficient (Wildman–Crippen LogP) is 5.03. The number of hydrogen-bond donors (Lipinski definition) is 1. The number of carbonyl (C=O) groups is 2. The highest BCUT2D eigenvalue weighted by atomic mass is 35.5. The molecular weight excluding hydrogens is 387 g/mol. The van der Waals surface area contributed by atoms with Crippen molar-refractivity contribution in [1.82, 2.24) is 4.98 Å². The minimum Gasteiger partial charge on any atom is -0.449 e. The molecule has 3 rings (SSSR count). The standard InChI is InChI=1S/C20H16Cl2N2O3/c1-11-9-15(14-5-3-4-6-17(14)23-11)20(26)27-12(2)19(25)24-18-10-13(21)7-8-16(18)22/h3-10,12H,1-2H3,(H,24,25)/t12-/m0/s1. The second-order valence-electron chi connectivity index (χ2n) is 5.99. The van der Waals surface area contributed by atoms with Crippen molar-refractivity contribution in [3.05, 3.63) is 69.8 Å². The Bertz CT molecular complexity index is 1040. The molecule has 1 aromatic heterocycles. The van der Waals surface area contributed by atoms with Gasteiger partial charge in [0, 0.05) is 16.1 Å².